The fourth-order valence-electron chi connectivity index (χ4n) is 3.32. The Morgan fingerprint density at radius 3 is 2.87 bits per heavy atom. The van der Waals surface area contributed by atoms with Crippen molar-refractivity contribution in [1.82, 2.24) is 19.7 Å². The van der Waals surface area contributed by atoms with E-state index in [1.54, 1.807) is 12.1 Å². The maximum absolute atomic E-state index is 13.2. The molecule has 5 rings (SSSR count). The first kappa shape index (κ1) is 19.0. The number of thiazole rings is 1. The van der Waals surface area contributed by atoms with Crippen LogP contribution >= 0.6 is 23.1 Å². The van der Waals surface area contributed by atoms with Gasteiger partial charge in [0.05, 0.1) is 16.0 Å². The van der Waals surface area contributed by atoms with Crippen LogP contribution in [0.25, 0.3) is 10.2 Å². The number of nitrogens with one attached hydrogen (secondary N) is 1. The van der Waals surface area contributed by atoms with Crippen molar-refractivity contribution < 1.29 is 9.18 Å². The van der Waals surface area contributed by atoms with Gasteiger partial charge in [-0.3, -0.25) is 9.36 Å². The van der Waals surface area contributed by atoms with Gasteiger partial charge in [-0.25, -0.2) is 9.37 Å². The van der Waals surface area contributed by atoms with Crippen molar-refractivity contribution in [3.8, 4) is 0 Å². The molecule has 1 amide bonds. The summed E-state index contributed by atoms with van der Waals surface area (Å²) in [6.07, 6.45) is 0. The Kier molecular flexibility index (Phi) is 4.87. The van der Waals surface area contributed by atoms with Gasteiger partial charge in [-0.15, -0.1) is 10.2 Å². The summed E-state index contributed by atoms with van der Waals surface area (Å²) in [7, 11) is 0. The van der Waals surface area contributed by atoms with Gasteiger partial charge in [0, 0.05) is 18.8 Å². The number of amides is 1. The van der Waals surface area contributed by atoms with Crippen LogP contribution < -0.4 is 10.2 Å². The van der Waals surface area contributed by atoms with Gasteiger partial charge < -0.3 is 10.2 Å². The van der Waals surface area contributed by atoms with Crippen LogP contribution in [0.4, 0.5) is 21.2 Å². The van der Waals surface area contributed by atoms with E-state index >= 15 is 0 Å². The molecule has 0 spiro atoms. The monoisotopic (exact) mass is 440 g/mol. The molecule has 1 aliphatic rings. The first-order valence-corrected chi connectivity index (χ1v) is 11.1. The Bertz CT molecular complexity index is 1240. The molecule has 0 aliphatic carbocycles. The molecule has 7 nitrogen and oxygen atoms in total. The lowest BCUT2D eigenvalue weighted by molar-refractivity contribution is -0.113. The van der Waals surface area contributed by atoms with Gasteiger partial charge in [0.1, 0.15) is 5.82 Å². The average molecular weight is 441 g/mol. The topological polar surface area (TPSA) is 75.9 Å². The lowest BCUT2D eigenvalue weighted by atomic mass is 10.2. The second-order valence-corrected chi connectivity index (χ2v) is 8.86. The van der Waals surface area contributed by atoms with E-state index in [1.165, 1.54) is 35.2 Å². The fourth-order valence-corrected chi connectivity index (χ4v) is 5.06. The number of thioether (sulfide) groups is 1. The Hall–Kier alpha value is -2.98. The zero-order chi connectivity index (χ0) is 20.7. The SMILES string of the molecule is Cc1ccc2nc(NC(=O)CSc3nnc4n3CCN4c3ccc(F)cc3)sc2c1. The van der Waals surface area contributed by atoms with E-state index in [0.717, 1.165) is 28.0 Å². The van der Waals surface area contributed by atoms with Crippen LogP contribution in [0.5, 0.6) is 0 Å². The van der Waals surface area contributed by atoms with Crippen molar-refractivity contribution in [3.63, 3.8) is 0 Å². The Morgan fingerprint density at radius 1 is 1.20 bits per heavy atom. The van der Waals surface area contributed by atoms with E-state index in [4.69, 9.17) is 0 Å². The number of aryl methyl sites for hydroxylation is 1. The van der Waals surface area contributed by atoms with E-state index < -0.39 is 0 Å². The molecular weight excluding hydrogens is 423 g/mol. The highest BCUT2D eigenvalue weighted by Gasteiger charge is 2.26. The molecule has 10 heteroatoms. The number of hydrogen-bond acceptors (Lipinski definition) is 7. The molecule has 3 heterocycles. The molecule has 0 saturated carbocycles. The van der Waals surface area contributed by atoms with E-state index in [2.05, 4.69) is 26.6 Å². The lowest BCUT2D eigenvalue weighted by Gasteiger charge is -2.14. The van der Waals surface area contributed by atoms with E-state index in [1.807, 2.05) is 28.5 Å². The van der Waals surface area contributed by atoms with Crippen molar-refractivity contribution in [1.29, 1.82) is 0 Å². The molecular formula is C20H17FN6OS2. The lowest BCUT2D eigenvalue weighted by Crippen LogP contribution is -2.14. The molecule has 0 unspecified atom stereocenters. The molecule has 2 aromatic heterocycles. The van der Waals surface area contributed by atoms with E-state index in [9.17, 15) is 9.18 Å². The van der Waals surface area contributed by atoms with Gasteiger partial charge in [0.25, 0.3) is 0 Å². The minimum Gasteiger partial charge on any atom is -0.309 e. The molecule has 4 aromatic rings. The summed E-state index contributed by atoms with van der Waals surface area (Å²) in [5.74, 6) is 0.501. The van der Waals surface area contributed by atoms with Crippen LogP contribution in [0.2, 0.25) is 0 Å². The molecule has 1 aliphatic heterocycles. The molecule has 2 aromatic carbocycles. The van der Waals surface area contributed by atoms with Crippen LogP contribution in [-0.2, 0) is 11.3 Å². The molecule has 0 atom stereocenters. The van der Waals surface area contributed by atoms with E-state index in [0.29, 0.717) is 22.8 Å². The highest BCUT2D eigenvalue weighted by molar-refractivity contribution is 7.99. The van der Waals surface area contributed by atoms with Gasteiger partial charge in [-0.1, -0.05) is 29.2 Å². The zero-order valence-electron chi connectivity index (χ0n) is 16.0. The van der Waals surface area contributed by atoms with Gasteiger partial charge in [0.2, 0.25) is 11.9 Å². The molecule has 1 N–H and O–H groups in total. The summed E-state index contributed by atoms with van der Waals surface area (Å²) in [6.45, 7) is 3.46. The second-order valence-electron chi connectivity index (χ2n) is 6.89. The van der Waals surface area contributed by atoms with Crippen molar-refractivity contribution >= 4 is 56.0 Å². The minimum atomic E-state index is -0.273. The number of hydrogen-bond donors (Lipinski definition) is 1. The predicted molar refractivity (Wildman–Crippen MR) is 117 cm³/mol. The van der Waals surface area contributed by atoms with Crippen molar-refractivity contribution in [2.75, 3.05) is 22.5 Å². The molecule has 30 heavy (non-hydrogen) atoms. The average Bonchev–Trinajstić information content (AvgIpc) is 3.41. The summed E-state index contributed by atoms with van der Waals surface area (Å²) < 4.78 is 16.2. The largest absolute Gasteiger partial charge is 0.309 e. The smallest absolute Gasteiger partial charge is 0.236 e. The number of nitrogens with zero attached hydrogens (tertiary/aromatic N) is 5. The molecule has 152 valence electrons. The number of halogens is 1. The number of carbonyl (C=O) groups is 1. The Balaban J connectivity index is 1.24. The van der Waals surface area contributed by atoms with Crippen molar-refractivity contribution in [2.45, 2.75) is 18.6 Å². The third-order valence-corrected chi connectivity index (χ3v) is 6.65. The van der Waals surface area contributed by atoms with Crippen LogP contribution in [-0.4, -0.2) is 38.0 Å². The first-order valence-electron chi connectivity index (χ1n) is 9.33. The van der Waals surface area contributed by atoms with Gasteiger partial charge >= 0.3 is 0 Å². The summed E-state index contributed by atoms with van der Waals surface area (Å²) in [6, 6.07) is 12.3. The first-order chi connectivity index (χ1) is 14.6. The quantitative estimate of drug-likeness (QED) is 0.469. The summed E-state index contributed by atoms with van der Waals surface area (Å²) in [4.78, 5) is 18.8. The van der Waals surface area contributed by atoms with Crippen LogP contribution in [0.3, 0.4) is 0 Å². The predicted octanol–water partition coefficient (Wildman–Crippen LogP) is 4.22. The van der Waals surface area contributed by atoms with Gasteiger partial charge in [-0.05, 0) is 48.9 Å². The number of anilines is 3. The standard InChI is InChI=1S/C20H17FN6OS2/c1-12-2-7-15-16(10-12)30-18(22-15)23-17(28)11-29-20-25-24-19-26(8-9-27(19)20)14-5-3-13(21)4-6-14/h2-7,10H,8-9,11H2,1H3,(H,22,23,28). The third kappa shape index (κ3) is 3.63. The molecule has 0 fully saturated rings. The fraction of sp³-hybridized carbons (Fsp3) is 0.200. The maximum atomic E-state index is 13.2. The van der Waals surface area contributed by atoms with Gasteiger partial charge in [0.15, 0.2) is 10.3 Å². The number of benzene rings is 2. The minimum absolute atomic E-state index is 0.137. The highest BCUT2D eigenvalue weighted by atomic mass is 32.2. The van der Waals surface area contributed by atoms with Crippen LogP contribution in [0.1, 0.15) is 5.56 Å². The Morgan fingerprint density at radius 2 is 2.03 bits per heavy atom. The van der Waals surface area contributed by atoms with Crippen LogP contribution in [0.15, 0.2) is 47.6 Å². The normalized spacial score (nSPS) is 13.1. The van der Waals surface area contributed by atoms with Crippen molar-refractivity contribution in [3.05, 3.63) is 53.8 Å². The molecule has 0 radical (unpaired) electrons. The Labute approximate surface area is 179 Å². The molecule has 0 bridgehead atoms. The van der Waals surface area contributed by atoms with Crippen molar-refractivity contribution in [2.24, 2.45) is 0 Å². The summed E-state index contributed by atoms with van der Waals surface area (Å²) >= 11 is 2.80. The third-order valence-electron chi connectivity index (χ3n) is 4.75. The maximum Gasteiger partial charge on any atom is 0.236 e. The number of rotatable bonds is 5. The number of aromatic nitrogens is 4. The number of carbonyl (C=O) groups excluding carboxylic acids is 1. The summed E-state index contributed by atoms with van der Waals surface area (Å²) in [5, 5.41) is 12.6. The van der Waals surface area contributed by atoms with Gasteiger partial charge in [-0.2, -0.15) is 0 Å². The number of fused-ring (bicyclic) bond motifs is 2. The molecule has 0 saturated heterocycles. The summed E-state index contributed by atoms with van der Waals surface area (Å²) in [5.41, 5.74) is 2.91. The highest BCUT2D eigenvalue weighted by Crippen LogP contribution is 2.32. The zero-order valence-corrected chi connectivity index (χ0v) is 17.6. The second kappa shape index (κ2) is 7.69. The van der Waals surface area contributed by atoms with Crippen LogP contribution in [0, 0.1) is 12.7 Å². The van der Waals surface area contributed by atoms with E-state index in [-0.39, 0.29) is 17.5 Å².